The molecule has 0 atom stereocenters. The van der Waals surface area contributed by atoms with Crippen LogP contribution in [-0.2, 0) is 4.74 Å². The highest BCUT2D eigenvalue weighted by atomic mass is 16.5. The maximum absolute atomic E-state index is 11.3. The normalized spacial score (nSPS) is 10.4. The number of nitrogens with two attached hydrogens (primary N) is 2. The van der Waals surface area contributed by atoms with Gasteiger partial charge in [-0.1, -0.05) is 13.3 Å². The van der Waals surface area contributed by atoms with Crippen molar-refractivity contribution >= 4 is 17.3 Å². The van der Waals surface area contributed by atoms with Crippen LogP contribution >= 0.6 is 0 Å². The van der Waals surface area contributed by atoms with E-state index in [-0.39, 0.29) is 0 Å². The number of ether oxygens (including phenoxy) is 1. The fourth-order valence-corrected chi connectivity index (χ4v) is 1.67. The van der Waals surface area contributed by atoms with Gasteiger partial charge in [-0.05, 0) is 31.0 Å². The van der Waals surface area contributed by atoms with Crippen molar-refractivity contribution in [3.05, 3.63) is 23.8 Å². The first-order valence-electron chi connectivity index (χ1n) is 6.66. The van der Waals surface area contributed by atoms with Crippen LogP contribution in [0.5, 0.6) is 0 Å². The van der Waals surface area contributed by atoms with Crippen molar-refractivity contribution in [2.45, 2.75) is 26.2 Å². The molecule has 0 heterocycles. The summed E-state index contributed by atoms with van der Waals surface area (Å²) in [5.41, 5.74) is 12.7. The molecule has 0 aliphatic heterocycles. The first kappa shape index (κ1) is 15.3. The van der Waals surface area contributed by atoms with E-state index < -0.39 is 5.91 Å². The summed E-state index contributed by atoms with van der Waals surface area (Å²) in [4.78, 5) is 11.3. The second-order valence-electron chi connectivity index (χ2n) is 4.42. The molecule has 1 rings (SSSR count). The lowest BCUT2D eigenvalue weighted by Crippen LogP contribution is -2.15. The minimum atomic E-state index is -0.457. The number of hydrogen-bond acceptors (Lipinski definition) is 4. The number of amides is 1. The van der Waals surface area contributed by atoms with Gasteiger partial charge in [0.05, 0.1) is 5.56 Å². The highest BCUT2D eigenvalue weighted by Gasteiger charge is 2.07. The lowest BCUT2D eigenvalue weighted by Gasteiger charge is -2.11. The largest absolute Gasteiger partial charge is 0.399 e. The fourth-order valence-electron chi connectivity index (χ4n) is 1.67. The van der Waals surface area contributed by atoms with Crippen LogP contribution in [0.2, 0.25) is 0 Å². The Kier molecular flexibility index (Phi) is 6.74. The van der Waals surface area contributed by atoms with Crippen molar-refractivity contribution < 1.29 is 9.53 Å². The highest BCUT2D eigenvalue weighted by Crippen LogP contribution is 2.18. The molecule has 1 amide bonds. The molecule has 5 heteroatoms. The molecule has 0 radical (unpaired) electrons. The van der Waals surface area contributed by atoms with Gasteiger partial charge >= 0.3 is 0 Å². The van der Waals surface area contributed by atoms with Crippen LogP contribution in [0.3, 0.4) is 0 Å². The molecule has 0 saturated heterocycles. The van der Waals surface area contributed by atoms with Crippen molar-refractivity contribution in [2.24, 2.45) is 5.73 Å². The summed E-state index contributed by atoms with van der Waals surface area (Å²) in [6, 6.07) is 5.02. The molecule has 0 spiro atoms. The van der Waals surface area contributed by atoms with E-state index in [0.29, 0.717) is 23.5 Å². The summed E-state index contributed by atoms with van der Waals surface area (Å²) in [6.07, 6.45) is 3.11. The lowest BCUT2D eigenvalue weighted by atomic mass is 10.1. The Hall–Kier alpha value is -1.75. The number of hydrogen-bond donors (Lipinski definition) is 3. The van der Waals surface area contributed by atoms with Gasteiger partial charge in [-0.2, -0.15) is 0 Å². The quantitative estimate of drug-likeness (QED) is 0.470. The van der Waals surface area contributed by atoms with Crippen molar-refractivity contribution in [1.82, 2.24) is 0 Å². The van der Waals surface area contributed by atoms with Crippen LogP contribution in [0.25, 0.3) is 0 Å². The third-order valence-electron chi connectivity index (χ3n) is 2.73. The minimum Gasteiger partial charge on any atom is -0.399 e. The predicted octanol–water partition coefficient (Wildman–Crippen LogP) is 1.99. The average Bonchev–Trinajstić information content (AvgIpc) is 2.37. The first-order chi connectivity index (χ1) is 9.15. The van der Waals surface area contributed by atoms with E-state index in [1.54, 1.807) is 18.2 Å². The summed E-state index contributed by atoms with van der Waals surface area (Å²) in [5.74, 6) is -0.457. The molecule has 0 unspecified atom stereocenters. The molecule has 0 fully saturated rings. The molecule has 1 aromatic rings. The third kappa shape index (κ3) is 5.61. The number of primary amides is 1. The predicted molar refractivity (Wildman–Crippen MR) is 78.2 cm³/mol. The smallest absolute Gasteiger partial charge is 0.250 e. The summed E-state index contributed by atoms with van der Waals surface area (Å²) in [6.45, 7) is 4.37. The van der Waals surface area contributed by atoms with E-state index in [0.717, 1.165) is 32.4 Å². The topological polar surface area (TPSA) is 90.4 Å². The van der Waals surface area contributed by atoms with Crippen LogP contribution in [0.1, 0.15) is 36.5 Å². The molecule has 106 valence electrons. The number of unbranched alkanes of at least 4 members (excludes halogenated alkanes) is 1. The molecule has 1 aromatic carbocycles. The third-order valence-corrected chi connectivity index (χ3v) is 2.73. The van der Waals surface area contributed by atoms with Gasteiger partial charge in [-0.3, -0.25) is 4.79 Å². The van der Waals surface area contributed by atoms with Gasteiger partial charge in [0.1, 0.15) is 0 Å². The van der Waals surface area contributed by atoms with E-state index in [1.165, 1.54) is 0 Å². The number of nitrogen functional groups attached to an aromatic ring is 1. The van der Waals surface area contributed by atoms with Crippen LogP contribution in [-0.4, -0.2) is 25.7 Å². The molecule has 0 saturated carbocycles. The average molecular weight is 265 g/mol. The van der Waals surface area contributed by atoms with E-state index in [9.17, 15) is 4.79 Å². The molecule has 5 N–H and O–H groups in total. The second kappa shape index (κ2) is 8.37. The van der Waals surface area contributed by atoms with Gasteiger partial charge in [0, 0.05) is 31.1 Å². The Balaban J connectivity index is 2.36. The number of nitrogens with one attached hydrogen (secondary N) is 1. The van der Waals surface area contributed by atoms with Crippen molar-refractivity contribution in [3.63, 3.8) is 0 Å². The Morgan fingerprint density at radius 2 is 2.05 bits per heavy atom. The molecule has 0 bridgehead atoms. The minimum absolute atomic E-state index is 0.457. The molecular formula is C14H23N3O2. The zero-order valence-corrected chi connectivity index (χ0v) is 11.4. The number of carbonyl (C=O) groups excluding carboxylic acids is 1. The van der Waals surface area contributed by atoms with Crippen molar-refractivity contribution in [3.8, 4) is 0 Å². The molecule has 0 aliphatic carbocycles. The molecule has 0 aliphatic rings. The zero-order chi connectivity index (χ0) is 14.1. The van der Waals surface area contributed by atoms with Crippen LogP contribution < -0.4 is 16.8 Å². The standard InChI is InChI=1S/C14H23N3O2/c1-2-3-8-19-9-4-7-17-13-10-11(15)5-6-12(13)14(16)18/h5-6,10,17H,2-4,7-9,15H2,1H3,(H2,16,18). The van der Waals surface area contributed by atoms with Gasteiger partial charge in [0.15, 0.2) is 0 Å². The molecule has 0 aromatic heterocycles. The Bertz CT molecular complexity index is 408. The van der Waals surface area contributed by atoms with Crippen LogP contribution in [0.15, 0.2) is 18.2 Å². The van der Waals surface area contributed by atoms with Gasteiger partial charge in [-0.25, -0.2) is 0 Å². The van der Waals surface area contributed by atoms with Crippen molar-refractivity contribution in [1.29, 1.82) is 0 Å². The monoisotopic (exact) mass is 265 g/mol. The van der Waals surface area contributed by atoms with Gasteiger partial charge in [0.2, 0.25) is 0 Å². The van der Waals surface area contributed by atoms with Crippen LogP contribution in [0.4, 0.5) is 11.4 Å². The maximum atomic E-state index is 11.3. The van der Waals surface area contributed by atoms with E-state index >= 15 is 0 Å². The lowest BCUT2D eigenvalue weighted by molar-refractivity contribution is 0.100. The molecule has 5 nitrogen and oxygen atoms in total. The molecule has 19 heavy (non-hydrogen) atoms. The Labute approximate surface area is 114 Å². The fraction of sp³-hybridized carbons (Fsp3) is 0.500. The van der Waals surface area contributed by atoms with Gasteiger partial charge < -0.3 is 21.5 Å². The number of carbonyl (C=O) groups is 1. The highest BCUT2D eigenvalue weighted by molar-refractivity contribution is 5.99. The first-order valence-corrected chi connectivity index (χ1v) is 6.66. The Morgan fingerprint density at radius 3 is 2.74 bits per heavy atom. The summed E-state index contributed by atoms with van der Waals surface area (Å²) in [7, 11) is 0. The number of benzene rings is 1. The second-order valence-corrected chi connectivity index (χ2v) is 4.42. The van der Waals surface area contributed by atoms with Crippen LogP contribution in [0, 0.1) is 0 Å². The van der Waals surface area contributed by atoms with Gasteiger partial charge in [-0.15, -0.1) is 0 Å². The van der Waals surface area contributed by atoms with E-state index in [1.807, 2.05) is 0 Å². The zero-order valence-electron chi connectivity index (χ0n) is 11.4. The summed E-state index contributed by atoms with van der Waals surface area (Å²) in [5, 5.41) is 3.17. The molecular weight excluding hydrogens is 242 g/mol. The maximum Gasteiger partial charge on any atom is 0.250 e. The summed E-state index contributed by atoms with van der Waals surface area (Å²) < 4.78 is 5.46. The van der Waals surface area contributed by atoms with Crippen molar-refractivity contribution in [2.75, 3.05) is 30.8 Å². The SMILES string of the molecule is CCCCOCCCNc1cc(N)ccc1C(N)=O. The van der Waals surface area contributed by atoms with Gasteiger partial charge in [0.25, 0.3) is 5.91 Å². The Morgan fingerprint density at radius 1 is 1.32 bits per heavy atom. The summed E-state index contributed by atoms with van der Waals surface area (Å²) >= 11 is 0. The number of anilines is 2. The number of rotatable bonds is 9. The van der Waals surface area contributed by atoms with E-state index in [2.05, 4.69) is 12.2 Å². The van der Waals surface area contributed by atoms with E-state index in [4.69, 9.17) is 16.2 Å².